The highest BCUT2D eigenvalue weighted by molar-refractivity contribution is 7.18. The zero-order valence-electron chi connectivity index (χ0n) is 11.7. The first kappa shape index (κ1) is 13.1. The predicted molar refractivity (Wildman–Crippen MR) is 82.6 cm³/mol. The summed E-state index contributed by atoms with van der Waals surface area (Å²) >= 11 is 1.82. The van der Waals surface area contributed by atoms with E-state index in [1.165, 1.54) is 35.4 Å². The molecule has 0 spiro atoms. The van der Waals surface area contributed by atoms with Crippen molar-refractivity contribution in [2.45, 2.75) is 51.6 Å². The second-order valence-electron chi connectivity index (χ2n) is 5.78. The molecule has 1 heterocycles. The van der Waals surface area contributed by atoms with Gasteiger partial charge in [0.25, 0.3) is 0 Å². The lowest BCUT2D eigenvalue weighted by molar-refractivity contribution is 0.263. The van der Waals surface area contributed by atoms with Crippen LogP contribution >= 0.6 is 11.3 Å². The Labute approximate surface area is 119 Å². The van der Waals surface area contributed by atoms with Gasteiger partial charge in [-0.05, 0) is 37.8 Å². The fraction of sp³-hybridized carbons (Fsp3) is 0.562. The number of thiazole rings is 1. The van der Waals surface area contributed by atoms with Gasteiger partial charge in [0.15, 0.2) is 0 Å². The maximum absolute atomic E-state index is 4.76. The topological polar surface area (TPSA) is 24.9 Å². The summed E-state index contributed by atoms with van der Waals surface area (Å²) in [4.78, 5) is 4.76. The van der Waals surface area contributed by atoms with Crippen LogP contribution in [-0.4, -0.2) is 11.0 Å². The van der Waals surface area contributed by atoms with Crippen molar-refractivity contribution in [3.05, 3.63) is 29.3 Å². The number of fused-ring (bicyclic) bond motifs is 1. The molecule has 1 fully saturated rings. The molecule has 0 bridgehead atoms. The lowest BCUT2D eigenvalue weighted by Gasteiger charge is -2.31. The van der Waals surface area contributed by atoms with E-state index in [2.05, 4.69) is 43.4 Å². The summed E-state index contributed by atoms with van der Waals surface area (Å²) in [5.74, 6) is 0.797. The molecular formula is C16H22N2S. The summed E-state index contributed by atoms with van der Waals surface area (Å²) in [7, 11) is 0. The van der Waals surface area contributed by atoms with Crippen LogP contribution in [0.2, 0.25) is 0 Å². The van der Waals surface area contributed by atoms with Crippen LogP contribution in [-0.2, 0) is 0 Å². The minimum absolute atomic E-state index is 0.364. The van der Waals surface area contributed by atoms with Crippen LogP contribution in [0, 0.1) is 5.92 Å². The van der Waals surface area contributed by atoms with Crippen LogP contribution in [0.4, 0.5) is 0 Å². The largest absolute Gasteiger partial charge is 0.305 e. The van der Waals surface area contributed by atoms with Gasteiger partial charge in [0.2, 0.25) is 0 Å². The molecule has 0 amide bonds. The molecule has 3 rings (SSSR count). The molecule has 3 heteroatoms. The van der Waals surface area contributed by atoms with Crippen molar-refractivity contribution < 1.29 is 0 Å². The van der Waals surface area contributed by atoms with Gasteiger partial charge in [-0.3, -0.25) is 0 Å². The second-order valence-corrected chi connectivity index (χ2v) is 6.84. The van der Waals surface area contributed by atoms with Crippen molar-refractivity contribution in [1.29, 1.82) is 0 Å². The predicted octanol–water partition coefficient (Wildman–Crippen LogP) is 4.53. The van der Waals surface area contributed by atoms with Gasteiger partial charge in [-0.1, -0.05) is 31.9 Å². The SMILES string of the molecule is CC(NC1CCCCC1C)c1nc2ccccc2s1. The molecule has 0 radical (unpaired) electrons. The Hall–Kier alpha value is -0.930. The maximum atomic E-state index is 4.76. The zero-order valence-corrected chi connectivity index (χ0v) is 12.5. The van der Waals surface area contributed by atoms with Gasteiger partial charge in [0.1, 0.15) is 5.01 Å². The average molecular weight is 274 g/mol. The van der Waals surface area contributed by atoms with E-state index in [1.807, 2.05) is 11.3 Å². The minimum Gasteiger partial charge on any atom is -0.305 e. The summed E-state index contributed by atoms with van der Waals surface area (Å²) in [6.07, 6.45) is 5.45. The van der Waals surface area contributed by atoms with E-state index < -0.39 is 0 Å². The first-order chi connectivity index (χ1) is 9.24. The summed E-state index contributed by atoms with van der Waals surface area (Å²) in [6, 6.07) is 9.44. The smallest absolute Gasteiger partial charge is 0.111 e. The number of hydrogen-bond donors (Lipinski definition) is 1. The number of rotatable bonds is 3. The third kappa shape index (κ3) is 2.82. The third-order valence-corrected chi connectivity index (χ3v) is 5.48. The van der Waals surface area contributed by atoms with Crippen LogP contribution in [0.5, 0.6) is 0 Å². The molecule has 1 aromatic heterocycles. The van der Waals surface area contributed by atoms with E-state index in [0.29, 0.717) is 12.1 Å². The summed E-state index contributed by atoms with van der Waals surface area (Å²) in [5.41, 5.74) is 1.13. The standard InChI is InChI=1S/C16H22N2S/c1-11-7-3-4-8-13(11)17-12(2)16-18-14-9-5-6-10-15(14)19-16/h5-6,9-13,17H,3-4,7-8H2,1-2H3. The van der Waals surface area contributed by atoms with Crippen molar-refractivity contribution in [1.82, 2.24) is 10.3 Å². The highest BCUT2D eigenvalue weighted by Gasteiger charge is 2.23. The Kier molecular flexibility index (Phi) is 3.85. The van der Waals surface area contributed by atoms with Crippen LogP contribution < -0.4 is 5.32 Å². The quantitative estimate of drug-likeness (QED) is 0.889. The number of benzene rings is 1. The molecule has 19 heavy (non-hydrogen) atoms. The molecule has 2 nitrogen and oxygen atoms in total. The second kappa shape index (κ2) is 5.59. The number of nitrogens with zero attached hydrogens (tertiary/aromatic N) is 1. The van der Waals surface area contributed by atoms with Gasteiger partial charge in [0.05, 0.1) is 16.3 Å². The van der Waals surface area contributed by atoms with Crippen LogP contribution in [0.15, 0.2) is 24.3 Å². The number of hydrogen-bond acceptors (Lipinski definition) is 3. The summed E-state index contributed by atoms with van der Waals surface area (Å²) in [5, 5.41) is 5.02. The highest BCUT2D eigenvalue weighted by atomic mass is 32.1. The monoisotopic (exact) mass is 274 g/mol. The Bertz CT molecular complexity index is 515. The van der Waals surface area contributed by atoms with Gasteiger partial charge in [-0.2, -0.15) is 0 Å². The molecule has 1 saturated carbocycles. The van der Waals surface area contributed by atoms with Gasteiger partial charge < -0.3 is 5.32 Å². The third-order valence-electron chi connectivity index (χ3n) is 4.26. The first-order valence-electron chi connectivity index (χ1n) is 7.35. The fourth-order valence-electron chi connectivity index (χ4n) is 3.03. The van der Waals surface area contributed by atoms with Crippen molar-refractivity contribution in [2.75, 3.05) is 0 Å². The molecule has 0 saturated heterocycles. The van der Waals surface area contributed by atoms with Crippen LogP contribution in [0.3, 0.4) is 0 Å². The van der Waals surface area contributed by atoms with E-state index in [9.17, 15) is 0 Å². The van der Waals surface area contributed by atoms with Crippen molar-refractivity contribution >= 4 is 21.6 Å². The molecule has 0 aliphatic heterocycles. The zero-order chi connectivity index (χ0) is 13.2. The first-order valence-corrected chi connectivity index (χ1v) is 8.17. The Morgan fingerprint density at radius 2 is 2.05 bits per heavy atom. The summed E-state index contributed by atoms with van der Waals surface area (Å²) in [6.45, 7) is 4.63. The molecule has 1 N–H and O–H groups in total. The average Bonchev–Trinajstić information content (AvgIpc) is 2.85. The number of para-hydroxylation sites is 1. The molecule has 1 aliphatic rings. The lowest BCUT2D eigenvalue weighted by Crippen LogP contribution is -2.38. The van der Waals surface area contributed by atoms with E-state index >= 15 is 0 Å². The Morgan fingerprint density at radius 1 is 1.26 bits per heavy atom. The number of aromatic nitrogens is 1. The van der Waals surface area contributed by atoms with E-state index in [1.54, 1.807) is 0 Å². The minimum atomic E-state index is 0.364. The highest BCUT2D eigenvalue weighted by Crippen LogP contribution is 2.29. The van der Waals surface area contributed by atoms with E-state index in [4.69, 9.17) is 4.98 Å². The van der Waals surface area contributed by atoms with Gasteiger partial charge in [0, 0.05) is 6.04 Å². The summed E-state index contributed by atoms with van der Waals surface area (Å²) < 4.78 is 1.29. The molecule has 3 atom stereocenters. The fourth-order valence-corrected chi connectivity index (χ4v) is 4.01. The van der Waals surface area contributed by atoms with Crippen molar-refractivity contribution in [3.8, 4) is 0 Å². The van der Waals surface area contributed by atoms with E-state index in [0.717, 1.165) is 11.4 Å². The molecule has 1 aromatic carbocycles. The van der Waals surface area contributed by atoms with Gasteiger partial charge in [-0.15, -0.1) is 11.3 Å². The Balaban J connectivity index is 1.74. The Morgan fingerprint density at radius 3 is 2.84 bits per heavy atom. The molecular weight excluding hydrogens is 252 g/mol. The molecule has 1 aliphatic carbocycles. The van der Waals surface area contributed by atoms with Crippen LogP contribution in [0.1, 0.15) is 50.6 Å². The normalized spacial score (nSPS) is 25.6. The van der Waals surface area contributed by atoms with E-state index in [-0.39, 0.29) is 0 Å². The van der Waals surface area contributed by atoms with Crippen LogP contribution in [0.25, 0.3) is 10.2 Å². The molecule has 102 valence electrons. The number of nitrogens with one attached hydrogen (secondary N) is 1. The lowest BCUT2D eigenvalue weighted by atomic mass is 9.85. The van der Waals surface area contributed by atoms with Gasteiger partial charge in [-0.25, -0.2) is 4.98 Å². The molecule has 3 unspecified atom stereocenters. The van der Waals surface area contributed by atoms with Gasteiger partial charge >= 0.3 is 0 Å². The van der Waals surface area contributed by atoms with Crippen molar-refractivity contribution in [2.24, 2.45) is 5.92 Å². The maximum Gasteiger partial charge on any atom is 0.111 e. The molecule has 2 aromatic rings. The van der Waals surface area contributed by atoms with Crippen molar-refractivity contribution in [3.63, 3.8) is 0 Å².